The Kier molecular flexibility index (Phi) is 3.92. The number of fused-ring (bicyclic) bond motifs is 1. The molecule has 0 saturated carbocycles. The molecule has 2 aromatic carbocycles. The number of likely N-dealkylation sites (N-methyl/N-ethyl adjacent to an activating group) is 1. The molecule has 1 aromatic heterocycles. The molecule has 2 heterocycles. The summed E-state index contributed by atoms with van der Waals surface area (Å²) in [5, 5.41) is 11.0. The fourth-order valence-corrected chi connectivity index (χ4v) is 4.24. The number of carbonyl (C=O) groups excluding carboxylic acids is 1. The molecule has 1 N–H and O–H groups in total. The van der Waals surface area contributed by atoms with Gasteiger partial charge in [-0.2, -0.15) is 0 Å². The van der Waals surface area contributed by atoms with E-state index in [1.54, 1.807) is 44.3 Å². The van der Waals surface area contributed by atoms with E-state index in [1.165, 1.54) is 22.0 Å². The average Bonchev–Trinajstić information content (AvgIpc) is 3.25. The summed E-state index contributed by atoms with van der Waals surface area (Å²) in [7, 11) is -2.14. The number of carbonyl (C=O) groups is 1. The second kappa shape index (κ2) is 6.16. The van der Waals surface area contributed by atoms with Gasteiger partial charge in [-0.15, -0.1) is 5.10 Å². The zero-order chi connectivity index (χ0) is 19.2. The first-order valence-corrected chi connectivity index (χ1v) is 9.60. The zero-order valence-corrected chi connectivity index (χ0v) is 15.4. The number of nitrogens with zero attached hydrogens (tertiary/aromatic N) is 5. The van der Waals surface area contributed by atoms with Gasteiger partial charge in [0, 0.05) is 12.7 Å². The lowest BCUT2D eigenvalue weighted by Crippen LogP contribution is -2.20. The molecule has 1 aliphatic rings. The smallest absolute Gasteiger partial charge is 0.261 e. The van der Waals surface area contributed by atoms with Gasteiger partial charge in [0.05, 0.1) is 22.7 Å². The Bertz CT molecular complexity index is 1140. The van der Waals surface area contributed by atoms with Gasteiger partial charge in [-0.3, -0.25) is 9.52 Å². The van der Waals surface area contributed by atoms with Gasteiger partial charge in [0.1, 0.15) is 6.33 Å². The van der Waals surface area contributed by atoms with E-state index in [0.29, 0.717) is 22.5 Å². The topological polar surface area (TPSA) is 110 Å². The number of hydrogen-bond acceptors (Lipinski definition) is 6. The first kappa shape index (κ1) is 17.2. The van der Waals surface area contributed by atoms with Crippen molar-refractivity contribution in [2.24, 2.45) is 0 Å². The van der Waals surface area contributed by atoms with E-state index in [9.17, 15) is 13.2 Å². The lowest BCUT2D eigenvalue weighted by Gasteiger charge is -2.14. The highest BCUT2D eigenvalue weighted by Crippen LogP contribution is 2.31. The summed E-state index contributed by atoms with van der Waals surface area (Å²) in [6.07, 6.45) is 1.64. The number of amides is 1. The maximum atomic E-state index is 12.9. The Labute approximate surface area is 155 Å². The third-order valence-corrected chi connectivity index (χ3v) is 5.95. The van der Waals surface area contributed by atoms with Crippen LogP contribution in [0.3, 0.4) is 0 Å². The molecule has 0 fully saturated rings. The van der Waals surface area contributed by atoms with Gasteiger partial charge in [-0.25, -0.2) is 13.1 Å². The first-order valence-electron chi connectivity index (χ1n) is 8.12. The Morgan fingerprint density at radius 3 is 2.70 bits per heavy atom. The van der Waals surface area contributed by atoms with Crippen LogP contribution in [0.15, 0.2) is 47.6 Å². The van der Waals surface area contributed by atoms with Crippen molar-refractivity contribution >= 4 is 27.3 Å². The SMILES string of the molecule is Cc1c(NS(=O)(=O)c2ccc3c(c2)CC(=O)N3C)cccc1-n1cnnn1. The van der Waals surface area contributed by atoms with Gasteiger partial charge >= 0.3 is 0 Å². The molecular weight excluding hydrogens is 368 g/mol. The maximum absolute atomic E-state index is 12.9. The molecule has 27 heavy (non-hydrogen) atoms. The van der Waals surface area contributed by atoms with Crippen molar-refractivity contribution < 1.29 is 13.2 Å². The van der Waals surface area contributed by atoms with Crippen molar-refractivity contribution in [1.82, 2.24) is 20.2 Å². The molecule has 1 amide bonds. The number of sulfonamides is 1. The van der Waals surface area contributed by atoms with Crippen molar-refractivity contribution in [2.45, 2.75) is 18.2 Å². The van der Waals surface area contributed by atoms with Crippen molar-refractivity contribution in [1.29, 1.82) is 0 Å². The Morgan fingerprint density at radius 2 is 1.96 bits per heavy atom. The van der Waals surface area contributed by atoms with Crippen LogP contribution >= 0.6 is 0 Å². The van der Waals surface area contributed by atoms with E-state index in [-0.39, 0.29) is 17.2 Å². The van der Waals surface area contributed by atoms with E-state index in [4.69, 9.17) is 0 Å². The van der Waals surface area contributed by atoms with Crippen LogP contribution in [-0.2, 0) is 21.2 Å². The lowest BCUT2D eigenvalue weighted by molar-refractivity contribution is -0.117. The van der Waals surface area contributed by atoms with E-state index < -0.39 is 10.0 Å². The average molecular weight is 384 g/mol. The highest BCUT2D eigenvalue weighted by Gasteiger charge is 2.26. The van der Waals surface area contributed by atoms with E-state index in [0.717, 1.165) is 5.69 Å². The third kappa shape index (κ3) is 2.93. The molecule has 138 valence electrons. The van der Waals surface area contributed by atoms with Crippen LogP contribution in [-0.4, -0.2) is 41.6 Å². The monoisotopic (exact) mass is 384 g/mol. The molecule has 0 saturated heterocycles. The van der Waals surface area contributed by atoms with Crippen molar-refractivity contribution in [3.63, 3.8) is 0 Å². The van der Waals surface area contributed by atoms with Gasteiger partial charge in [0.15, 0.2) is 0 Å². The van der Waals surface area contributed by atoms with Gasteiger partial charge in [0.25, 0.3) is 10.0 Å². The van der Waals surface area contributed by atoms with Crippen molar-refractivity contribution in [3.8, 4) is 5.69 Å². The minimum atomic E-state index is -3.82. The van der Waals surface area contributed by atoms with Crippen LogP contribution in [0.2, 0.25) is 0 Å². The largest absolute Gasteiger partial charge is 0.315 e. The lowest BCUT2D eigenvalue weighted by atomic mass is 10.1. The molecule has 1 aliphatic heterocycles. The summed E-state index contributed by atoms with van der Waals surface area (Å²) >= 11 is 0. The molecule has 0 aliphatic carbocycles. The zero-order valence-electron chi connectivity index (χ0n) is 14.6. The standard InChI is InChI=1S/C17H16N6O3S/c1-11-14(4-3-5-15(11)23-10-18-20-21-23)19-27(25,26)13-6-7-16-12(8-13)9-17(24)22(16)2/h3-8,10,19H,9H2,1-2H3. The molecule has 4 rings (SSSR count). The fourth-order valence-electron chi connectivity index (χ4n) is 3.07. The summed E-state index contributed by atoms with van der Waals surface area (Å²) in [4.78, 5) is 13.5. The molecule has 0 bridgehead atoms. The van der Waals surface area contributed by atoms with E-state index >= 15 is 0 Å². The normalized spacial score (nSPS) is 13.7. The molecular formula is C17H16N6O3S. The fraction of sp³-hybridized carbons (Fsp3) is 0.176. The number of benzene rings is 2. The Balaban J connectivity index is 1.68. The van der Waals surface area contributed by atoms with Crippen LogP contribution in [0, 0.1) is 6.92 Å². The number of aromatic nitrogens is 4. The van der Waals surface area contributed by atoms with Gasteiger partial charge in [-0.1, -0.05) is 6.07 Å². The first-order chi connectivity index (χ1) is 12.9. The minimum absolute atomic E-state index is 0.0579. The quantitative estimate of drug-likeness (QED) is 0.726. The van der Waals surface area contributed by atoms with Gasteiger partial charge in [-0.05, 0) is 58.8 Å². The highest BCUT2D eigenvalue weighted by molar-refractivity contribution is 7.92. The number of rotatable bonds is 4. The van der Waals surface area contributed by atoms with Crippen molar-refractivity contribution in [3.05, 3.63) is 53.9 Å². The molecule has 9 nitrogen and oxygen atoms in total. The second-order valence-corrected chi connectivity index (χ2v) is 7.91. The van der Waals surface area contributed by atoms with E-state index in [1.807, 2.05) is 0 Å². The second-order valence-electron chi connectivity index (χ2n) is 6.23. The molecule has 0 spiro atoms. The minimum Gasteiger partial charge on any atom is -0.315 e. The summed E-state index contributed by atoms with van der Waals surface area (Å²) in [5.74, 6) is -0.0579. The Hall–Kier alpha value is -3.27. The van der Waals surface area contributed by atoms with E-state index in [2.05, 4.69) is 20.2 Å². The van der Waals surface area contributed by atoms with Crippen LogP contribution in [0.25, 0.3) is 5.69 Å². The number of nitrogens with one attached hydrogen (secondary N) is 1. The van der Waals surface area contributed by atoms with Crippen LogP contribution < -0.4 is 9.62 Å². The molecule has 10 heteroatoms. The summed E-state index contributed by atoms with van der Waals surface area (Å²) in [6.45, 7) is 1.78. The van der Waals surface area contributed by atoms with Crippen molar-refractivity contribution in [2.75, 3.05) is 16.7 Å². The molecule has 0 unspecified atom stereocenters. The predicted molar refractivity (Wildman–Crippen MR) is 98.3 cm³/mol. The van der Waals surface area contributed by atoms with Gasteiger partial charge < -0.3 is 4.90 Å². The Morgan fingerprint density at radius 1 is 1.15 bits per heavy atom. The molecule has 0 radical (unpaired) electrons. The van der Waals surface area contributed by atoms with Crippen LogP contribution in [0.1, 0.15) is 11.1 Å². The maximum Gasteiger partial charge on any atom is 0.261 e. The number of hydrogen-bond donors (Lipinski definition) is 1. The predicted octanol–water partition coefficient (Wildman–Crippen LogP) is 1.29. The molecule has 0 atom stereocenters. The summed E-state index contributed by atoms with van der Waals surface area (Å²) < 4.78 is 29.8. The van der Waals surface area contributed by atoms with Crippen LogP contribution in [0.5, 0.6) is 0 Å². The summed E-state index contributed by atoms with van der Waals surface area (Å²) in [5.41, 5.74) is 3.21. The number of anilines is 2. The van der Waals surface area contributed by atoms with Gasteiger partial charge in [0.2, 0.25) is 5.91 Å². The summed E-state index contributed by atoms with van der Waals surface area (Å²) in [6, 6.07) is 9.87. The number of tetrazole rings is 1. The third-order valence-electron chi connectivity index (χ3n) is 4.58. The van der Waals surface area contributed by atoms with Crippen LogP contribution in [0.4, 0.5) is 11.4 Å². The highest BCUT2D eigenvalue weighted by atomic mass is 32.2. The molecule has 3 aromatic rings.